The molecule has 0 atom stereocenters. The summed E-state index contributed by atoms with van der Waals surface area (Å²) in [7, 11) is 0. The number of nitrogens with zero attached hydrogens (tertiary/aromatic N) is 1. The van der Waals surface area contributed by atoms with Gasteiger partial charge in [0.15, 0.2) is 0 Å². The molecule has 0 saturated carbocycles. The average Bonchev–Trinajstić information content (AvgIpc) is 1.94. The van der Waals surface area contributed by atoms with Crippen molar-refractivity contribution < 1.29 is 4.79 Å². The molecule has 0 radical (unpaired) electrons. The average molecular weight is 215 g/mol. The van der Waals surface area contributed by atoms with Gasteiger partial charge in [0, 0.05) is 10.7 Å². The minimum Gasteiger partial charge on any atom is -0.364 e. The summed E-state index contributed by atoms with van der Waals surface area (Å²) in [6, 6.07) is 1.61. The van der Waals surface area contributed by atoms with E-state index in [1.54, 1.807) is 12.3 Å². The number of carbonyl (C=O) groups excluding carboxylic acids is 1. The van der Waals surface area contributed by atoms with Crippen LogP contribution in [0.5, 0.6) is 0 Å². The molecule has 0 saturated heterocycles. The maximum atomic E-state index is 10.6. The van der Waals surface area contributed by atoms with E-state index >= 15 is 0 Å². The Bertz CT molecular complexity index is 298. The smallest absolute Gasteiger partial charge is 0.267 e. The standard InChI is InChI=1S/C7H7BrN2O/c1-4-3-10-6(7(9)11)2-5(4)8/h2-3H,1H3,(H2,9,11). The van der Waals surface area contributed by atoms with Crippen LogP contribution in [0.2, 0.25) is 0 Å². The van der Waals surface area contributed by atoms with Crippen molar-refractivity contribution in [2.75, 3.05) is 0 Å². The lowest BCUT2D eigenvalue weighted by Gasteiger charge is -1.97. The van der Waals surface area contributed by atoms with Crippen molar-refractivity contribution in [1.29, 1.82) is 0 Å². The van der Waals surface area contributed by atoms with Crippen molar-refractivity contribution in [3.63, 3.8) is 0 Å². The Kier molecular flexibility index (Phi) is 2.24. The minimum atomic E-state index is -0.509. The molecule has 0 fully saturated rings. The van der Waals surface area contributed by atoms with Gasteiger partial charge in [-0.15, -0.1) is 0 Å². The van der Waals surface area contributed by atoms with Gasteiger partial charge in [0.25, 0.3) is 5.91 Å². The zero-order valence-corrected chi connectivity index (χ0v) is 7.55. The molecule has 1 aromatic rings. The Morgan fingerprint density at radius 3 is 2.82 bits per heavy atom. The van der Waals surface area contributed by atoms with Gasteiger partial charge in [0.05, 0.1) is 0 Å². The Morgan fingerprint density at radius 2 is 2.36 bits per heavy atom. The van der Waals surface area contributed by atoms with Crippen LogP contribution in [-0.4, -0.2) is 10.9 Å². The molecule has 0 aliphatic carbocycles. The van der Waals surface area contributed by atoms with Gasteiger partial charge in [0.2, 0.25) is 0 Å². The number of pyridine rings is 1. The van der Waals surface area contributed by atoms with E-state index in [0.29, 0.717) is 0 Å². The van der Waals surface area contributed by atoms with Crippen LogP contribution in [0.4, 0.5) is 0 Å². The van der Waals surface area contributed by atoms with Gasteiger partial charge in [-0.25, -0.2) is 0 Å². The van der Waals surface area contributed by atoms with E-state index in [2.05, 4.69) is 20.9 Å². The molecule has 0 aliphatic heterocycles. The van der Waals surface area contributed by atoms with Crippen LogP contribution in [0, 0.1) is 6.92 Å². The second kappa shape index (κ2) is 3.00. The van der Waals surface area contributed by atoms with Crippen LogP contribution in [0.3, 0.4) is 0 Å². The highest BCUT2D eigenvalue weighted by atomic mass is 79.9. The molecule has 58 valence electrons. The molecule has 1 rings (SSSR count). The van der Waals surface area contributed by atoms with E-state index in [0.717, 1.165) is 10.0 Å². The fourth-order valence-electron chi connectivity index (χ4n) is 0.634. The first-order chi connectivity index (χ1) is 5.11. The topological polar surface area (TPSA) is 56.0 Å². The summed E-state index contributed by atoms with van der Waals surface area (Å²) in [6.45, 7) is 1.89. The third kappa shape index (κ3) is 1.77. The van der Waals surface area contributed by atoms with Crippen LogP contribution in [-0.2, 0) is 0 Å². The van der Waals surface area contributed by atoms with Gasteiger partial charge < -0.3 is 5.73 Å². The summed E-state index contributed by atoms with van der Waals surface area (Å²) in [4.78, 5) is 14.4. The monoisotopic (exact) mass is 214 g/mol. The highest BCUT2D eigenvalue weighted by Gasteiger charge is 2.02. The predicted molar refractivity (Wildman–Crippen MR) is 45.2 cm³/mol. The lowest BCUT2D eigenvalue weighted by molar-refractivity contribution is 0.0995. The van der Waals surface area contributed by atoms with Gasteiger partial charge in [0.1, 0.15) is 5.69 Å². The van der Waals surface area contributed by atoms with Crippen molar-refractivity contribution in [3.05, 3.63) is 28.0 Å². The summed E-state index contributed by atoms with van der Waals surface area (Å²) >= 11 is 3.27. The normalized spacial score (nSPS) is 9.64. The molecule has 3 nitrogen and oxygen atoms in total. The molecule has 2 N–H and O–H groups in total. The summed E-state index contributed by atoms with van der Waals surface area (Å²) in [5.41, 5.74) is 6.27. The van der Waals surface area contributed by atoms with E-state index in [-0.39, 0.29) is 5.69 Å². The molecular formula is C7H7BrN2O. The van der Waals surface area contributed by atoms with Gasteiger partial charge in [-0.2, -0.15) is 0 Å². The first kappa shape index (κ1) is 8.20. The number of hydrogen-bond donors (Lipinski definition) is 1. The predicted octanol–water partition coefficient (Wildman–Crippen LogP) is 1.25. The Hall–Kier alpha value is -0.900. The van der Waals surface area contributed by atoms with Crippen LogP contribution < -0.4 is 5.73 Å². The largest absolute Gasteiger partial charge is 0.364 e. The van der Waals surface area contributed by atoms with Gasteiger partial charge in [-0.3, -0.25) is 9.78 Å². The van der Waals surface area contributed by atoms with Gasteiger partial charge in [-0.05, 0) is 18.6 Å². The molecular weight excluding hydrogens is 208 g/mol. The SMILES string of the molecule is Cc1cnc(C(N)=O)cc1Br. The number of aromatic nitrogens is 1. The van der Waals surface area contributed by atoms with Crippen molar-refractivity contribution >= 4 is 21.8 Å². The molecule has 1 aromatic heterocycles. The number of amides is 1. The summed E-state index contributed by atoms with van der Waals surface area (Å²) in [5.74, 6) is -0.509. The van der Waals surface area contributed by atoms with Crippen LogP contribution in [0.15, 0.2) is 16.7 Å². The number of rotatable bonds is 1. The summed E-state index contributed by atoms with van der Waals surface area (Å²) in [5, 5.41) is 0. The number of aryl methyl sites for hydroxylation is 1. The number of hydrogen-bond acceptors (Lipinski definition) is 2. The van der Waals surface area contributed by atoms with Crippen molar-refractivity contribution in [3.8, 4) is 0 Å². The van der Waals surface area contributed by atoms with Crippen LogP contribution in [0.25, 0.3) is 0 Å². The zero-order chi connectivity index (χ0) is 8.43. The zero-order valence-electron chi connectivity index (χ0n) is 5.97. The summed E-state index contributed by atoms with van der Waals surface area (Å²) < 4.78 is 0.848. The van der Waals surface area contributed by atoms with Crippen LogP contribution in [0.1, 0.15) is 16.1 Å². The third-order valence-electron chi connectivity index (χ3n) is 1.29. The van der Waals surface area contributed by atoms with E-state index in [1.807, 2.05) is 6.92 Å². The Morgan fingerprint density at radius 1 is 1.73 bits per heavy atom. The first-order valence-corrected chi connectivity index (χ1v) is 3.82. The molecule has 4 heteroatoms. The quantitative estimate of drug-likeness (QED) is 0.766. The van der Waals surface area contributed by atoms with E-state index in [1.165, 1.54) is 0 Å². The fraction of sp³-hybridized carbons (Fsp3) is 0.143. The highest BCUT2D eigenvalue weighted by molar-refractivity contribution is 9.10. The lowest BCUT2D eigenvalue weighted by atomic mass is 10.3. The lowest BCUT2D eigenvalue weighted by Crippen LogP contribution is -2.12. The fourth-order valence-corrected chi connectivity index (χ4v) is 0.953. The first-order valence-electron chi connectivity index (χ1n) is 3.03. The highest BCUT2D eigenvalue weighted by Crippen LogP contribution is 2.14. The van der Waals surface area contributed by atoms with Crippen molar-refractivity contribution in [1.82, 2.24) is 4.98 Å². The number of primary amides is 1. The molecule has 0 spiro atoms. The maximum absolute atomic E-state index is 10.6. The molecule has 0 bridgehead atoms. The number of halogens is 1. The second-order valence-corrected chi connectivity index (χ2v) is 3.04. The van der Waals surface area contributed by atoms with E-state index in [4.69, 9.17) is 5.73 Å². The van der Waals surface area contributed by atoms with E-state index in [9.17, 15) is 4.79 Å². The molecule has 1 heterocycles. The Balaban J connectivity index is 3.15. The third-order valence-corrected chi connectivity index (χ3v) is 2.14. The summed E-state index contributed by atoms with van der Waals surface area (Å²) in [6.07, 6.45) is 1.60. The van der Waals surface area contributed by atoms with Crippen LogP contribution >= 0.6 is 15.9 Å². The van der Waals surface area contributed by atoms with Crippen molar-refractivity contribution in [2.24, 2.45) is 5.73 Å². The second-order valence-electron chi connectivity index (χ2n) is 2.18. The molecule has 0 unspecified atom stereocenters. The molecule has 0 aliphatic rings. The van der Waals surface area contributed by atoms with E-state index < -0.39 is 5.91 Å². The maximum Gasteiger partial charge on any atom is 0.267 e. The van der Waals surface area contributed by atoms with Gasteiger partial charge in [-0.1, -0.05) is 15.9 Å². The molecule has 1 amide bonds. The molecule has 0 aromatic carbocycles. The molecule has 11 heavy (non-hydrogen) atoms. The number of nitrogens with two attached hydrogens (primary N) is 1. The minimum absolute atomic E-state index is 0.280. The number of carbonyl (C=O) groups is 1. The van der Waals surface area contributed by atoms with Crippen molar-refractivity contribution in [2.45, 2.75) is 6.92 Å². The Labute approximate surface area is 72.7 Å². The van der Waals surface area contributed by atoms with Gasteiger partial charge >= 0.3 is 0 Å².